The number of anilines is 1. The van der Waals surface area contributed by atoms with Crippen molar-refractivity contribution in [3.05, 3.63) is 22.7 Å². The van der Waals surface area contributed by atoms with Gasteiger partial charge in [0.25, 0.3) is 0 Å². The predicted octanol–water partition coefficient (Wildman–Crippen LogP) is 5.41. The topological polar surface area (TPSA) is 172 Å². The Hall–Kier alpha value is -1.82. The van der Waals surface area contributed by atoms with E-state index in [1.54, 1.807) is 0 Å². The molecule has 1 saturated heterocycles. The number of aromatic nitrogens is 2. The highest BCUT2D eigenvalue weighted by molar-refractivity contribution is 7.47. The average molecular weight is 618 g/mol. The summed E-state index contributed by atoms with van der Waals surface area (Å²) in [6, 6.07) is 1.36. The summed E-state index contributed by atoms with van der Waals surface area (Å²) in [5.41, 5.74) is 4.79. The lowest BCUT2D eigenvalue weighted by Crippen LogP contribution is -2.39. The van der Waals surface area contributed by atoms with Gasteiger partial charge in [0.15, 0.2) is 12.3 Å². The Labute approximate surface area is 249 Å². The Bertz CT molecular complexity index is 1010. The highest BCUT2D eigenvalue weighted by Crippen LogP contribution is 2.44. The number of aliphatic hydroxyl groups is 1. The lowest BCUT2D eigenvalue weighted by Gasteiger charge is -2.21. The molecule has 0 amide bonds. The summed E-state index contributed by atoms with van der Waals surface area (Å²) in [6.07, 6.45) is 13.0. The molecule has 12 nitrogen and oxygen atoms in total. The van der Waals surface area contributed by atoms with Gasteiger partial charge in [-0.25, -0.2) is 9.36 Å². The molecule has 2 rings (SSSR count). The number of aliphatic hydroxyl groups excluding tert-OH is 1. The molecule has 0 spiro atoms. The smallest absolute Gasteiger partial charge is 0.457 e. The standard InChI is InChI=1S/C29H52N3O9P/c1-3-5-7-8-9-10-11-12-13-14-15-16-17-18-25(33)41-27-23(22-39-42(36,37)38-21-6-4-2)40-28(26(27)34)32-20-19-24(30)31-29(32)35/h19-20,23,26-28,34H,3-18,21-22H2,1-2H3,(H,36,37)(H2,30,31,35)/t23-,26+,27-,28-/m1/s1. The molecule has 42 heavy (non-hydrogen) atoms. The molecule has 1 unspecified atom stereocenters. The molecule has 5 atom stereocenters. The molecule has 1 aliphatic rings. The van der Waals surface area contributed by atoms with Crippen molar-refractivity contribution >= 4 is 19.6 Å². The average Bonchev–Trinajstić information content (AvgIpc) is 3.24. The monoisotopic (exact) mass is 617 g/mol. The zero-order valence-corrected chi connectivity index (χ0v) is 26.3. The third kappa shape index (κ3) is 13.7. The van der Waals surface area contributed by atoms with Crippen LogP contribution >= 0.6 is 7.82 Å². The van der Waals surface area contributed by atoms with E-state index in [0.717, 1.165) is 30.3 Å². The minimum absolute atomic E-state index is 0.00477. The number of phosphoric ester groups is 1. The SMILES string of the molecule is CCCCCCCCCCCCCCCC(=O)O[C@H]1[C@H](O)[C@H](n2ccc(N)nc2=O)O[C@@H]1COP(=O)(O)OCCCC. The second-order valence-electron chi connectivity index (χ2n) is 11.0. The minimum atomic E-state index is -4.41. The zero-order valence-electron chi connectivity index (χ0n) is 25.4. The molecule has 1 fully saturated rings. The molecule has 1 aliphatic heterocycles. The number of ether oxygens (including phenoxy) is 2. The van der Waals surface area contributed by atoms with Crippen LogP contribution < -0.4 is 11.4 Å². The van der Waals surface area contributed by atoms with Gasteiger partial charge in [0.2, 0.25) is 0 Å². The van der Waals surface area contributed by atoms with Crippen LogP contribution in [0.15, 0.2) is 17.1 Å². The van der Waals surface area contributed by atoms with Gasteiger partial charge < -0.3 is 25.2 Å². The third-order valence-electron chi connectivity index (χ3n) is 7.34. The van der Waals surface area contributed by atoms with E-state index in [9.17, 15) is 24.2 Å². The van der Waals surface area contributed by atoms with E-state index in [1.807, 2.05) is 6.92 Å². The number of unbranched alkanes of at least 4 members (excludes halogenated alkanes) is 13. The molecule has 0 aromatic carbocycles. The summed E-state index contributed by atoms with van der Waals surface area (Å²) in [7, 11) is -4.41. The van der Waals surface area contributed by atoms with Crippen molar-refractivity contribution in [3.63, 3.8) is 0 Å². The molecule has 13 heteroatoms. The molecule has 0 saturated carbocycles. The van der Waals surface area contributed by atoms with Crippen molar-refractivity contribution in [1.29, 1.82) is 0 Å². The molecule has 1 aromatic rings. The van der Waals surface area contributed by atoms with Gasteiger partial charge in [0.1, 0.15) is 18.0 Å². The molecular weight excluding hydrogens is 565 g/mol. The summed E-state index contributed by atoms with van der Waals surface area (Å²) in [5.74, 6) is -0.541. The highest BCUT2D eigenvalue weighted by Gasteiger charge is 2.48. The summed E-state index contributed by atoms with van der Waals surface area (Å²) < 4.78 is 34.6. The van der Waals surface area contributed by atoms with Crippen LogP contribution in [0.2, 0.25) is 0 Å². The van der Waals surface area contributed by atoms with Crippen molar-refractivity contribution in [2.45, 2.75) is 141 Å². The van der Waals surface area contributed by atoms with Gasteiger partial charge in [0.05, 0.1) is 13.2 Å². The number of nitrogens with two attached hydrogens (primary N) is 1. The van der Waals surface area contributed by atoms with Gasteiger partial charge in [-0.2, -0.15) is 4.98 Å². The number of nitrogens with zero attached hydrogens (tertiary/aromatic N) is 2. The van der Waals surface area contributed by atoms with Crippen molar-refractivity contribution < 1.29 is 37.9 Å². The van der Waals surface area contributed by atoms with Crippen molar-refractivity contribution in [1.82, 2.24) is 9.55 Å². The number of hydrogen-bond donors (Lipinski definition) is 3. The zero-order chi connectivity index (χ0) is 30.8. The van der Waals surface area contributed by atoms with E-state index < -0.39 is 50.6 Å². The van der Waals surface area contributed by atoms with Crippen molar-refractivity contribution in [3.8, 4) is 0 Å². The maximum absolute atomic E-state index is 12.7. The van der Waals surface area contributed by atoms with E-state index >= 15 is 0 Å². The fraction of sp³-hybridized carbons (Fsp3) is 0.828. The van der Waals surface area contributed by atoms with Gasteiger partial charge >= 0.3 is 19.5 Å². The van der Waals surface area contributed by atoms with Crippen LogP contribution in [-0.4, -0.2) is 57.0 Å². The largest absolute Gasteiger partial charge is 0.472 e. The number of rotatable bonds is 23. The lowest BCUT2D eigenvalue weighted by atomic mass is 10.0. The van der Waals surface area contributed by atoms with Gasteiger partial charge in [-0.1, -0.05) is 97.3 Å². The number of phosphoric acid groups is 1. The lowest BCUT2D eigenvalue weighted by molar-refractivity contribution is -0.156. The van der Waals surface area contributed by atoms with Crippen molar-refractivity contribution in [2.75, 3.05) is 18.9 Å². The first-order chi connectivity index (χ1) is 20.2. The van der Waals surface area contributed by atoms with E-state index in [-0.39, 0.29) is 18.8 Å². The normalized spacial score (nSPS) is 21.8. The minimum Gasteiger partial charge on any atom is -0.457 e. The molecule has 0 radical (unpaired) electrons. The fourth-order valence-corrected chi connectivity index (χ4v) is 5.65. The summed E-state index contributed by atoms with van der Waals surface area (Å²) in [6.45, 7) is 3.66. The molecular formula is C29H52N3O9P. The number of nitrogen functional groups attached to an aromatic ring is 1. The Kier molecular flexibility index (Phi) is 17.5. The molecule has 0 bridgehead atoms. The predicted molar refractivity (Wildman–Crippen MR) is 160 cm³/mol. The van der Waals surface area contributed by atoms with E-state index in [2.05, 4.69) is 11.9 Å². The van der Waals surface area contributed by atoms with Crippen LogP contribution in [0.3, 0.4) is 0 Å². The third-order valence-corrected chi connectivity index (χ3v) is 8.33. The number of carbonyl (C=O) groups is 1. The Morgan fingerprint density at radius 1 is 0.976 bits per heavy atom. The molecule has 242 valence electrons. The number of esters is 1. The van der Waals surface area contributed by atoms with Gasteiger partial charge in [-0.05, 0) is 18.9 Å². The summed E-state index contributed by atoms with van der Waals surface area (Å²) in [5, 5.41) is 11.0. The summed E-state index contributed by atoms with van der Waals surface area (Å²) in [4.78, 5) is 38.7. The quantitative estimate of drug-likeness (QED) is 0.0814. The molecule has 2 heterocycles. The Morgan fingerprint density at radius 2 is 1.55 bits per heavy atom. The first-order valence-corrected chi connectivity index (χ1v) is 17.2. The molecule has 0 aliphatic carbocycles. The maximum Gasteiger partial charge on any atom is 0.472 e. The molecule has 1 aromatic heterocycles. The highest BCUT2D eigenvalue weighted by atomic mass is 31.2. The van der Waals surface area contributed by atoms with Gasteiger partial charge in [-0.3, -0.25) is 18.4 Å². The Balaban J connectivity index is 1.81. The van der Waals surface area contributed by atoms with Crippen LogP contribution in [0.5, 0.6) is 0 Å². The van der Waals surface area contributed by atoms with Crippen LogP contribution in [0.4, 0.5) is 5.82 Å². The number of carbonyl (C=O) groups excluding carboxylic acids is 1. The van der Waals surface area contributed by atoms with Gasteiger partial charge in [-0.15, -0.1) is 0 Å². The van der Waals surface area contributed by atoms with Crippen LogP contribution in [-0.2, 0) is 27.9 Å². The second-order valence-corrected chi connectivity index (χ2v) is 12.4. The van der Waals surface area contributed by atoms with Crippen LogP contribution in [0, 0.1) is 0 Å². The van der Waals surface area contributed by atoms with Crippen molar-refractivity contribution in [2.24, 2.45) is 0 Å². The summed E-state index contributed by atoms with van der Waals surface area (Å²) >= 11 is 0. The van der Waals surface area contributed by atoms with Crippen LogP contribution in [0.1, 0.15) is 123 Å². The van der Waals surface area contributed by atoms with E-state index in [0.29, 0.717) is 12.8 Å². The van der Waals surface area contributed by atoms with E-state index in [4.69, 9.17) is 24.3 Å². The van der Waals surface area contributed by atoms with Crippen LogP contribution in [0.25, 0.3) is 0 Å². The first kappa shape index (κ1) is 36.4. The number of hydrogen-bond acceptors (Lipinski definition) is 10. The first-order valence-electron chi connectivity index (χ1n) is 15.7. The van der Waals surface area contributed by atoms with Gasteiger partial charge in [0, 0.05) is 12.6 Å². The fourth-order valence-electron chi connectivity index (χ4n) is 4.88. The maximum atomic E-state index is 12.7. The van der Waals surface area contributed by atoms with E-state index in [1.165, 1.54) is 70.1 Å². The second kappa shape index (κ2) is 20.2. The molecule has 4 N–H and O–H groups in total. The Morgan fingerprint density at radius 3 is 2.12 bits per heavy atom.